The van der Waals surface area contributed by atoms with E-state index in [0.29, 0.717) is 18.6 Å². The minimum Gasteiger partial charge on any atom is -0.493 e. The van der Waals surface area contributed by atoms with E-state index < -0.39 is 0 Å². The van der Waals surface area contributed by atoms with Crippen molar-refractivity contribution >= 4 is 18.0 Å². The van der Waals surface area contributed by atoms with Crippen molar-refractivity contribution in [1.29, 1.82) is 0 Å². The second kappa shape index (κ2) is 16.1. The number of ether oxygens (including phenoxy) is 3. The molecular formula is C33H38O5. The van der Waals surface area contributed by atoms with Crippen molar-refractivity contribution in [3.8, 4) is 5.75 Å². The largest absolute Gasteiger partial charge is 0.493 e. The van der Waals surface area contributed by atoms with Gasteiger partial charge in [0, 0.05) is 12.0 Å². The highest BCUT2D eigenvalue weighted by atomic mass is 16.5. The number of carbonyl (C=O) groups excluding carboxylic acids is 2. The molecule has 0 bridgehead atoms. The minimum atomic E-state index is -0.337. The van der Waals surface area contributed by atoms with Crippen LogP contribution in [-0.4, -0.2) is 32.8 Å². The lowest BCUT2D eigenvalue weighted by molar-refractivity contribution is -0.140. The Labute approximate surface area is 226 Å². The van der Waals surface area contributed by atoms with Gasteiger partial charge in [-0.1, -0.05) is 79.2 Å². The molecule has 0 spiro atoms. The summed E-state index contributed by atoms with van der Waals surface area (Å²) in [6.07, 6.45) is 10.2. The molecule has 0 heterocycles. The Balaban J connectivity index is 1.63. The van der Waals surface area contributed by atoms with Gasteiger partial charge in [0.15, 0.2) is 0 Å². The number of unbranched alkanes of at least 4 members (excludes halogenated alkanes) is 1. The predicted molar refractivity (Wildman–Crippen MR) is 151 cm³/mol. The summed E-state index contributed by atoms with van der Waals surface area (Å²) in [6.45, 7) is 0.656. The average Bonchev–Trinajstić information content (AvgIpc) is 2.97. The van der Waals surface area contributed by atoms with Gasteiger partial charge in [0.25, 0.3) is 0 Å². The molecule has 0 aliphatic carbocycles. The topological polar surface area (TPSA) is 61.8 Å². The molecule has 3 rings (SSSR count). The summed E-state index contributed by atoms with van der Waals surface area (Å²) < 4.78 is 15.7. The fourth-order valence-corrected chi connectivity index (χ4v) is 4.33. The Kier molecular flexibility index (Phi) is 12.1. The number of carbonyl (C=O) groups is 2. The van der Waals surface area contributed by atoms with E-state index in [0.717, 1.165) is 55.4 Å². The first-order valence-electron chi connectivity index (χ1n) is 13.3. The number of methoxy groups -OCH3 is 2. The van der Waals surface area contributed by atoms with E-state index in [-0.39, 0.29) is 17.9 Å². The smallest absolute Gasteiger partial charge is 0.337 e. The van der Waals surface area contributed by atoms with Crippen molar-refractivity contribution in [3.05, 3.63) is 107 Å². The van der Waals surface area contributed by atoms with Gasteiger partial charge in [-0.05, 0) is 67.3 Å². The second-order valence-corrected chi connectivity index (χ2v) is 9.31. The van der Waals surface area contributed by atoms with Gasteiger partial charge in [0.2, 0.25) is 0 Å². The third kappa shape index (κ3) is 9.89. The molecule has 0 fully saturated rings. The Morgan fingerprint density at radius 1 is 0.789 bits per heavy atom. The average molecular weight is 515 g/mol. The first kappa shape index (κ1) is 28.7. The Hall–Kier alpha value is -3.86. The van der Waals surface area contributed by atoms with E-state index in [1.165, 1.54) is 19.8 Å². The normalized spacial score (nSPS) is 11.7. The number of benzene rings is 3. The summed E-state index contributed by atoms with van der Waals surface area (Å²) in [5.74, 6) is 0.636. The van der Waals surface area contributed by atoms with Crippen molar-refractivity contribution in [2.45, 2.75) is 44.9 Å². The van der Waals surface area contributed by atoms with Crippen molar-refractivity contribution < 1.29 is 23.8 Å². The van der Waals surface area contributed by atoms with Crippen LogP contribution < -0.4 is 4.74 Å². The second-order valence-electron chi connectivity index (χ2n) is 9.31. The summed E-state index contributed by atoms with van der Waals surface area (Å²) in [5, 5.41) is 0. The van der Waals surface area contributed by atoms with Gasteiger partial charge in [-0.15, -0.1) is 0 Å². The van der Waals surface area contributed by atoms with Crippen molar-refractivity contribution in [1.82, 2.24) is 0 Å². The van der Waals surface area contributed by atoms with Crippen LogP contribution in [0.3, 0.4) is 0 Å². The number of hydrogen-bond acceptors (Lipinski definition) is 5. The van der Waals surface area contributed by atoms with Crippen molar-refractivity contribution in [2.24, 2.45) is 5.92 Å². The molecule has 5 heteroatoms. The third-order valence-corrected chi connectivity index (χ3v) is 6.48. The highest BCUT2D eigenvalue weighted by Gasteiger charge is 2.11. The summed E-state index contributed by atoms with van der Waals surface area (Å²) >= 11 is 0. The third-order valence-electron chi connectivity index (χ3n) is 6.48. The van der Waals surface area contributed by atoms with Crippen LogP contribution in [0.2, 0.25) is 0 Å². The fourth-order valence-electron chi connectivity index (χ4n) is 4.33. The molecule has 0 amide bonds. The van der Waals surface area contributed by atoms with Crippen LogP contribution in [0.5, 0.6) is 5.75 Å². The number of aryl methyl sites for hydroxylation is 1. The van der Waals surface area contributed by atoms with Gasteiger partial charge in [0.05, 0.1) is 26.4 Å². The molecule has 3 aromatic rings. The van der Waals surface area contributed by atoms with Crippen LogP contribution in [0.15, 0.2) is 84.9 Å². The van der Waals surface area contributed by atoms with Crippen LogP contribution in [-0.2, 0) is 27.1 Å². The van der Waals surface area contributed by atoms with Gasteiger partial charge in [-0.25, -0.2) is 4.79 Å². The van der Waals surface area contributed by atoms with Gasteiger partial charge in [0.1, 0.15) is 5.75 Å². The maximum absolute atomic E-state index is 11.8. The fraction of sp³-hybridized carbons (Fsp3) is 0.333. The summed E-state index contributed by atoms with van der Waals surface area (Å²) in [4.78, 5) is 23.3. The molecule has 0 radical (unpaired) electrons. The predicted octanol–water partition coefficient (Wildman–Crippen LogP) is 7.09. The summed E-state index contributed by atoms with van der Waals surface area (Å²) in [6, 6.07) is 26.1. The lowest BCUT2D eigenvalue weighted by atomic mass is 9.92. The highest BCUT2D eigenvalue weighted by Crippen LogP contribution is 2.24. The molecule has 3 aromatic carbocycles. The molecule has 1 atom stereocenters. The quantitative estimate of drug-likeness (QED) is 0.160. The molecular weight excluding hydrogens is 476 g/mol. The number of rotatable bonds is 15. The van der Waals surface area contributed by atoms with Crippen LogP contribution in [0.25, 0.3) is 6.08 Å². The monoisotopic (exact) mass is 514 g/mol. The Bertz CT molecular complexity index is 1150. The molecule has 0 aliphatic rings. The van der Waals surface area contributed by atoms with Gasteiger partial charge < -0.3 is 14.2 Å². The van der Waals surface area contributed by atoms with E-state index >= 15 is 0 Å². The molecule has 38 heavy (non-hydrogen) atoms. The number of esters is 2. The Morgan fingerprint density at radius 3 is 2.26 bits per heavy atom. The zero-order chi connectivity index (χ0) is 27.0. The Morgan fingerprint density at radius 2 is 1.53 bits per heavy atom. The number of hydrogen-bond donors (Lipinski definition) is 0. The minimum absolute atomic E-state index is 0.172. The molecule has 5 nitrogen and oxygen atoms in total. The van der Waals surface area contributed by atoms with Crippen molar-refractivity contribution in [2.75, 3.05) is 20.8 Å². The SMILES string of the molecule is COC(=O)CCCCC(/C=C/c1ccccc1OCCCc1ccccc1)Cc1ccc(C(=O)OC)cc1. The van der Waals surface area contributed by atoms with Gasteiger partial charge >= 0.3 is 11.9 Å². The maximum atomic E-state index is 11.8. The lowest BCUT2D eigenvalue weighted by Gasteiger charge is -2.14. The molecule has 0 aromatic heterocycles. The molecule has 1 unspecified atom stereocenters. The highest BCUT2D eigenvalue weighted by molar-refractivity contribution is 5.89. The van der Waals surface area contributed by atoms with Crippen LogP contribution in [0.4, 0.5) is 0 Å². The number of para-hydroxylation sites is 1. The van der Waals surface area contributed by atoms with E-state index in [2.05, 4.69) is 42.5 Å². The van der Waals surface area contributed by atoms with E-state index in [1.54, 1.807) is 12.1 Å². The summed E-state index contributed by atoms with van der Waals surface area (Å²) in [7, 11) is 2.81. The molecule has 0 saturated carbocycles. The first-order valence-corrected chi connectivity index (χ1v) is 13.3. The molecule has 200 valence electrons. The van der Waals surface area contributed by atoms with E-state index in [9.17, 15) is 9.59 Å². The van der Waals surface area contributed by atoms with Gasteiger partial charge in [-0.2, -0.15) is 0 Å². The molecule has 0 saturated heterocycles. The zero-order valence-electron chi connectivity index (χ0n) is 22.4. The number of allylic oxidation sites excluding steroid dienone is 1. The van der Waals surface area contributed by atoms with Crippen LogP contribution in [0, 0.1) is 5.92 Å². The van der Waals surface area contributed by atoms with Crippen LogP contribution >= 0.6 is 0 Å². The van der Waals surface area contributed by atoms with Crippen molar-refractivity contribution in [3.63, 3.8) is 0 Å². The molecule has 0 aliphatic heterocycles. The van der Waals surface area contributed by atoms with E-state index in [4.69, 9.17) is 14.2 Å². The van der Waals surface area contributed by atoms with Crippen LogP contribution in [0.1, 0.15) is 59.2 Å². The maximum Gasteiger partial charge on any atom is 0.337 e. The van der Waals surface area contributed by atoms with Gasteiger partial charge in [-0.3, -0.25) is 4.79 Å². The zero-order valence-corrected chi connectivity index (χ0v) is 22.4. The molecule has 0 N–H and O–H groups in total. The summed E-state index contributed by atoms with van der Waals surface area (Å²) in [5.41, 5.74) is 4.05. The standard InChI is InChI=1S/C33H38O5/c1-36-32(34)17-9-6-13-27(25-28-19-22-30(23-20-28)33(35)37-2)18-21-29-15-7-8-16-31(29)38-24-10-14-26-11-4-3-5-12-26/h3-5,7-8,11-12,15-16,18-23,27H,6,9-10,13-14,17,24-25H2,1-2H3/b21-18+. The lowest BCUT2D eigenvalue weighted by Crippen LogP contribution is -2.05. The first-order chi connectivity index (χ1) is 18.6. The van der Waals surface area contributed by atoms with E-state index in [1.807, 2.05) is 36.4 Å².